The molecular formula is C15H20BrN3. The van der Waals surface area contributed by atoms with Crippen LogP contribution in [0.1, 0.15) is 30.8 Å². The second-order valence-corrected chi connectivity index (χ2v) is 6.00. The van der Waals surface area contributed by atoms with Crippen molar-refractivity contribution in [2.45, 2.75) is 40.3 Å². The molecule has 0 aliphatic heterocycles. The number of benzene rings is 1. The molecule has 3 nitrogen and oxygen atoms in total. The molecule has 0 saturated heterocycles. The summed E-state index contributed by atoms with van der Waals surface area (Å²) in [7, 11) is 0. The first kappa shape index (κ1) is 14.3. The van der Waals surface area contributed by atoms with E-state index in [1.807, 2.05) is 11.6 Å². The van der Waals surface area contributed by atoms with E-state index in [1.54, 1.807) is 0 Å². The summed E-state index contributed by atoms with van der Waals surface area (Å²) in [4.78, 5) is 0. The molecule has 0 unspecified atom stereocenters. The Morgan fingerprint density at radius 2 is 2.00 bits per heavy atom. The van der Waals surface area contributed by atoms with Crippen molar-refractivity contribution < 1.29 is 0 Å². The van der Waals surface area contributed by atoms with E-state index in [9.17, 15) is 0 Å². The summed E-state index contributed by atoms with van der Waals surface area (Å²) >= 11 is 3.64. The van der Waals surface area contributed by atoms with Crippen LogP contribution < -0.4 is 5.32 Å². The topological polar surface area (TPSA) is 29.9 Å². The van der Waals surface area contributed by atoms with E-state index >= 15 is 0 Å². The van der Waals surface area contributed by atoms with Crippen LogP contribution in [0.4, 0.5) is 0 Å². The molecule has 0 amide bonds. The van der Waals surface area contributed by atoms with Gasteiger partial charge in [0.05, 0.1) is 11.4 Å². The Kier molecular flexibility index (Phi) is 4.42. The van der Waals surface area contributed by atoms with Crippen LogP contribution in [0.2, 0.25) is 0 Å². The van der Waals surface area contributed by atoms with Gasteiger partial charge in [-0.1, -0.05) is 35.8 Å². The van der Waals surface area contributed by atoms with Gasteiger partial charge < -0.3 is 5.32 Å². The lowest BCUT2D eigenvalue weighted by Crippen LogP contribution is -2.22. The van der Waals surface area contributed by atoms with E-state index in [-0.39, 0.29) is 0 Å². The predicted octanol–water partition coefficient (Wildman–Crippen LogP) is 3.75. The van der Waals surface area contributed by atoms with Crippen molar-refractivity contribution in [2.75, 3.05) is 0 Å². The SMILES string of the molecule is Cc1cc(C)n(-c2ccc(CNC(C)C)c(Br)c2)n1. The van der Waals surface area contributed by atoms with E-state index in [4.69, 9.17) is 0 Å². The fraction of sp³-hybridized carbons (Fsp3) is 0.400. The Morgan fingerprint density at radius 1 is 1.26 bits per heavy atom. The summed E-state index contributed by atoms with van der Waals surface area (Å²) in [6.07, 6.45) is 0. The van der Waals surface area contributed by atoms with Crippen LogP contribution in [0.5, 0.6) is 0 Å². The highest BCUT2D eigenvalue weighted by Gasteiger charge is 2.07. The lowest BCUT2D eigenvalue weighted by Gasteiger charge is -2.11. The molecule has 4 heteroatoms. The number of nitrogens with zero attached hydrogens (tertiary/aromatic N) is 2. The van der Waals surface area contributed by atoms with Gasteiger partial charge in [-0.25, -0.2) is 4.68 Å². The van der Waals surface area contributed by atoms with E-state index < -0.39 is 0 Å². The first-order chi connectivity index (χ1) is 8.97. The largest absolute Gasteiger partial charge is 0.310 e. The Balaban J connectivity index is 2.26. The normalized spacial score (nSPS) is 11.3. The van der Waals surface area contributed by atoms with Crippen molar-refractivity contribution in [2.24, 2.45) is 0 Å². The van der Waals surface area contributed by atoms with Gasteiger partial charge in [-0.05, 0) is 37.6 Å². The minimum atomic E-state index is 0.489. The first-order valence-electron chi connectivity index (χ1n) is 6.53. The molecule has 102 valence electrons. The van der Waals surface area contributed by atoms with Gasteiger partial charge in [0.1, 0.15) is 0 Å². The van der Waals surface area contributed by atoms with Gasteiger partial charge in [-0.2, -0.15) is 5.10 Å². The maximum absolute atomic E-state index is 4.51. The second-order valence-electron chi connectivity index (χ2n) is 5.15. The van der Waals surface area contributed by atoms with Crippen molar-refractivity contribution in [3.63, 3.8) is 0 Å². The number of rotatable bonds is 4. The lowest BCUT2D eigenvalue weighted by molar-refractivity contribution is 0.588. The molecule has 1 heterocycles. The second kappa shape index (κ2) is 5.88. The fourth-order valence-electron chi connectivity index (χ4n) is 2.02. The summed E-state index contributed by atoms with van der Waals surface area (Å²) in [6, 6.07) is 8.95. The maximum Gasteiger partial charge on any atom is 0.0660 e. The molecule has 19 heavy (non-hydrogen) atoms. The third-order valence-corrected chi connectivity index (χ3v) is 3.73. The van der Waals surface area contributed by atoms with E-state index in [1.165, 1.54) is 5.56 Å². The van der Waals surface area contributed by atoms with Crippen LogP contribution in [0.15, 0.2) is 28.7 Å². The first-order valence-corrected chi connectivity index (χ1v) is 7.32. The number of hydrogen-bond acceptors (Lipinski definition) is 2. The molecule has 1 aromatic carbocycles. The molecule has 0 fully saturated rings. The van der Waals surface area contributed by atoms with Crippen molar-refractivity contribution in [1.29, 1.82) is 0 Å². The number of nitrogens with one attached hydrogen (secondary N) is 1. The zero-order valence-corrected chi connectivity index (χ0v) is 13.5. The quantitative estimate of drug-likeness (QED) is 0.929. The van der Waals surface area contributed by atoms with Gasteiger partial charge in [0, 0.05) is 22.8 Å². The molecule has 2 aromatic rings. The van der Waals surface area contributed by atoms with Crippen molar-refractivity contribution >= 4 is 15.9 Å². The van der Waals surface area contributed by atoms with Gasteiger partial charge in [-0.3, -0.25) is 0 Å². The smallest absolute Gasteiger partial charge is 0.0660 e. The van der Waals surface area contributed by atoms with Crippen LogP contribution in [-0.2, 0) is 6.54 Å². The van der Waals surface area contributed by atoms with E-state index in [0.717, 1.165) is 28.1 Å². The van der Waals surface area contributed by atoms with E-state index in [0.29, 0.717) is 6.04 Å². The molecule has 0 bridgehead atoms. The fourth-order valence-corrected chi connectivity index (χ4v) is 2.52. The Bertz CT molecular complexity index is 573. The van der Waals surface area contributed by atoms with Crippen LogP contribution in [-0.4, -0.2) is 15.8 Å². The third kappa shape index (κ3) is 3.45. The summed E-state index contributed by atoms with van der Waals surface area (Å²) in [5.41, 5.74) is 4.54. The Morgan fingerprint density at radius 3 is 2.53 bits per heavy atom. The summed E-state index contributed by atoms with van der Waals surface area (Å²) in [6.45, 7) is 9.26. The van der Waals surface area contributed by atoms with Gasteiger partial charge >= 0.3 is 0 Å². The van der Waals surface area contributed by atoms with Gasteiger partial charge in [-0.15, -0.1) is 0 Å². The number of aryl methyl sites for hydroxylation is 2. The van der Waals surface area contributed by atoms with Gasteiger partial charge in [0.15, 0.2) is 0 Å². The number of halogens is 1. The average Bonchev–Trinajstić information content (AvgIpc) is 2.66. The average molecular weight is 322 g/mol. The third-order valence-electron chi connectivity index (χ3n) is 2.99. The molecule has 0 atom stereocenters. The van der Waals surface area contributed by atoms with Crippen molar-refractivity contribution in [1.82, 2.24) is 15.1 Å². The molecule has 0 spiro atoms. The van der Waals surface area contributed by atoms with Gasteiger partial charge in [0.2, 0.25) is 0 Å². The predicted molar refractivity (Wildman–Crippen MR) is 82.7 cm³/mol. The zero-order valence-electron chi connectivity index (χ0n) is 11.9. The number of aromatic nitrogens is 2. The molecule has 0 aliphatic rings. The molecule has 0 aliphatic carbocycles. The standard InChI is InChI=1S/C15H20BrN3/c1-10(2)17-9-13-5-6-14(8-15(13)16)19-12(4)7-11(3)18-19/h5-8,10,17H,9H2,1-4H3. The number of hydrogen-bond donors (Lipinski definition) is 1. The molecule has 2 rings (SSSR count). The highest BCUT2D eigenvalue weighted by molar-refractivity contribution is 9.10. The highest BCUT2D eigenvalue weighted by Crippen LogP contribution is 2.22. The van der Waals surface area contributed by atoms with Gasteiger partial charge in [0.25, 0.3) is 0 Å². The Labute approximate surface area is 123 Å². The highest BCUT2D eigenvalue weighted by atomic mass is 79.9. The Hall–Kier alpha value is -1.13. The summed E-state index contributed by atoms with van der Waals surface area (Å²) in [5, 5.41) is 7.93. The summed E-state index contributed by atoms with van der Waals surface area (Å²) < 4.78 is 3.09. The molecule has 0 radical (unpaired) electrons. The van der Waals surface area contributed by atoms with Crippen LogP contribution in [0.3, 0.4) is 0 Å². The minimum absolute atomic E-state index is 0.489. The molecular weight excluding hydrogens is 302 g/mol. The van der Waals surface area contributed by atoms with Crippen molar-refractivity contribution in [3.8, 4) is 5.69 Å². The van der Waals surface area contributed by atoms with Crippen LogP contribution in [0, 0.1) is 13.8 Å². The molecule has 1 N–H and O–H groups in total. The molecule has 1 aromatic heterocycles. The molecule has 0 saturated carbocycles. The van der Waals surface area contributed by atoms with Crippen molar-refractivity contribution in [3.05, 3.63) is 45.7 Å². The zero-order chi connectivity index (χ0) is 14.0. The minimum Gasteiger partial charge on any atom is -0.310 e. The van der Waals surface area contributed by atoms with Crippen LogP contribution in [0.25, 0.3) is 5.69 Å². The summed E-state index contributed by atoms with van der Waals surface area (Å²) in [5.74, 6) is 0. The maximum atomic E-state index is 4.51. The van der Waals surface area contributed by atoms with E-state index in [2.05, 4.69) is 71.4 Å². The lowest BCUT2D eigenvalue weighted by atomic mass is 10.2. The monoisotopic (exact) mass is 321 g/mol. The van der Waals surface area contributed by atoms with Crippen LogP contribution >= 0.6 is 15.9 Å².